The molecule has 1 aliphatic heterocycles. The molecule has 20 heavy (non-hydrogen) atoms. The maximum absolute atomic E-state index is 12.8. The smallest absolute Gasteiger partial charge is 0.310 e. The molecule has 2 saturated carbocycles. The van der Waals surface area contributed by atoms with Gasteiger partial charge in [-0.15, -0.1) is 0 Å². The largest absolute Gasteiger partial charge is 0.462 e. The fraction of sp³-hybridized carbons (Fsp3) is 0.467. The van der Waals surface area contributed by atoms with Crippen LogP contribution in [0.5, 0.6) is 0 Å². The molecule has 3 fully saturated rings. The number of halogens is 1. The molecule has 2 bridgehead atoms. The number of ether oxygens (including phenoxy) is 1. The number of hydrogen-bond acceptors (Lipinski definition) is 3. The molecule has 2 aliphatic carbocycles. The van der Waals surface area contributed by atoms with E-state index in [2.05, 4.69) is 5.32 Å². The normalized spacial score (nSPS) is 37.0. The van der Waals surface area contributed by atoms with E-state index in [0.29, 0.717) is 5.69 Å². The van der Waals surface area contributed by atoms with Gasteiger partial charge in [-0.25, -0.2) is 4.39 Å². The van der Waals surface area contributed by atoms with Crippen LogP contribution in [0.2, 0.25) is 0 Å². The van der Waals surface area contributed by atoms with Crippen molar-refractivity contribution in [2.45, 2.75) is 18.9 Å². The van der Waals surface area contributed by atoms with E-state index in [1.54, 1.807) is 0 Å². The molecule has 1 saturated heterocycles. The second kappa shape index (κ2) is 4.04. The van der Waals surface area contributed by atoms with Crippen molar-refractivity contribution in [3.05, 3.63) is 30.1 Å². The van der Waals surface area contributed by atoms with Crippen LogP contribution < -0.4 is 5.32 Å². The van der Waals surface area contributed by atoms with Crippen LogP contribution in [0.15, 0.2) is 24.3 Å². The summed E-state index contributed by atoms with van der Waals surface area (Å²) in [6.45, 7) is 0. The van der Waals surface area contributed by atoms with Gasteiger partial charge in [-0.2, -0.15) is 0 Å². The maximum Gasteiger partial charge on any atom is 0.310 e. The molecular formula is C15H14FNO3. The first-order valence-electron chi connectivity index (χ1n) is 6.90. The minimum atomic E-state index is -0.342. The summed E-state index contributed by atoms with van der Waals surface area (Å²) in [5, 5.41) is 2.79. The van der Waals surface area contributed by atoms with Gasteiger partial charge in [-0.05, 0) is 43.0 Å². The number of fused-ring (bicyclic) bond motifs is 1. The SMILES string of the molecule is O=C(Nc1ccc(F)cc1)[C@@H]1[C@@H]2C[C@H]3[C@@H]1C(=O)O[C@@H]3C2. The van der Waals surface area contributed by atoms with Crippen molar-refractivity contribution < 1.29 is 18.7 Å². The van der Waals surface area contributed by atoms with E-state index in [1.165, 1.54) is 24.3 Å². The Balaban J connectivity index is 1.54. The molecule has 1 amide bonds. The summed E-state index contributed by atoms with van der Waals surface area (Å²) in [5.41, 5.74) is 0.557. The van der Waals surface area contributed by atoms with Crippen LogP contribution in [0.1, 0.15) is 12.8 Å². The highest BCUT2D eigenvalue weighted by Crippen LogP contribution is 2.57. The highest BCUT2D eigenvalue weighted by Gasteiger charge is 2.63. The van der Waals surface area contributed by atoms with Gasteiger partial charge in [0.2, 0.25) is 5.91 Å². The van der Waals surface area contributed by atoms with E-state index in [0.717, 1.165) is 12.8 Å². The van der Waals surface area contributed by atoms with Gasteiger partial charge < -0.3 is 10.1 Å². The van der Waals surface area contributed by atoms with E-state index in [1.807, 2.05) is 0 Å². The Morgan fingerprint density at radius 2 is 2.00 bits per heavy atom. The Labute approximate surface area is 115 Å². The minimum absolute atomic E-state index is 0.0346. The van der Waals surface area contributed by atoms with Crippen molar-refractivity contribution in [1.82, 2.24) is 0 Å². The van der Waals surface area contributed by atoms with Crippen molar-refractivity contribution in [2.24, 2.45) is 23.7 Å². The number of rotatable bonds is 2. The Morgan fingerprint density at radius 1 is 1.25 bits per heavy atom. The second-order valence-electron chi connectivity index (χ2n) is 5.92. The summed E-state index contributed by atoms with van der Waals surface area (Å²) < 4.78 is 18.2. The number of esters is 1. The molecule has 1 heterocycles. The fourth-order valence-electron chi connectivity index (χ4n) is 4.12. The molecule has 0 radical (unpaired) electrons. The lowest BCUT2D eigenvalue weighted by molar-refractivity contribution is -0.145. The van der Waals surface area contributed by atoms with Gasteiger partial charge in [0.15, 0.2) is 0 Å². The topological polar surface area (TPSA) is 55.4 Å². The molecule has 5 heteroatoms. The molecular weight excluding hydrogens is 261 g/mol. The zero-order valence-electron chi connectivity index (χ0n) is 10.7. The van der Waals surface area contributed by atoms with Gasteiger partial charge in [0.25, 0.3) is 0 Å². The first-order valence-corrected chi connectivity index (χ1v) is 6.90. The third-order valence-corrected chi connectivity index (χ3v) is 4.90. The van der Waals surface area contributed by atoms with Crippen molar-refractivity contribution in [2.75, 3.05) is 5.32 Å². The molecule has 0 aromatic heterocycles. The highest BCUT2D eigenvalue weighted by atomic mass is 19.1. The zero-order valence-corrected chi connectivity index (χ0v) is 10.7. The number of hydrogen-bond donors (Lipinski definition) is 1. The number of carbonyl (C=O) groups is 2. The van der Waals surface area contributed by atoms with Crippen LogP contribution in [-0.2, 0) is 14.3 Å². The van der Waals surface area contributed by atoms with Gasteiger partial charge in [-0.3, -0.25) is 9.59 Å². The van der Waals surface area contributed by atoms with Crippen LogP contribution >= 0.6 is 0 Å². The summed E-state index contributed by atoms with van der Waals surface area (Å²) >= 11 is 0. The number of amides is 1. The van der Waals surface area contributed by atoms with Crippen LogP contribution in [0, 0.1) is 29.5 Å². The predicted molar refractivity (Wildman–Crippen MR) is 68.1 cm³/mol. The summed E-state index contributed by atoms with van der Waals surface area (Å²) in [4.78, 5) is 24.3. The summed E-state index contributed by atoms with van der Waals surface area (Å²) in [5.74, 6) is -0.829. The Morgan fingerprint density at radius 3 is 2.75 bits per heavy atom. The minimum Gasteiger partial charge on any atom is -0.462 e. The zero-order chi connectivity index (χ0) is 13.9. The van der Waals surface area contributed by atoms with Crippen LogP contribution in [0.3, 0.4) is 0 Å². The molecule has 0 unspecified atom stereocenters. The van der Waals surface area contributed by atoms with Crippen LogP contribution in [0.25, 0.3) is 0 Å². The number of anilines is 1. The van der Waals surface area contributed by atoms with Gasteiger partial charge in [0, 0.05) is 11.6 Å². The lowest BCUT2D eigenvalue weighted by Gasteiger charge is -2.23. The molecule has 5 atom stereocenters. The summed E-state index contributed by atoms with van der Waals surface area (Å²) in [6.07, 6.45) is 1.74. The first kappa shape index (κ1) is 11.9. The molecule has 1 aromatic carbocycles. The fourth-order valence-corrected chi connectivity index (χ4v) is 4.12. The Hall–Kier alpha value is -1.91. The average molecular weight is 275 g/mol. The third-order valence-electron chi connectivity index (χ3n) is 4.90. The van der Waals surface area contributed by atoms with E-state index in [9.17, 15) is 14.0 Å². The third kappa shape index (κ3) is 1.58. The quantitative estimate of drug-likeness (QED) is 0.839. The molecule has 0 spiro atoms. The van der Waals surface area contributed by atoms with E-state index in [4.69, 9.17) is 4.74 Å². The second-order valence-corrected chi connectivity index (χ2v) is 5.92. The standard InChI is InChI=1S/C15H14FNO3/c16-8-1-3-9(4-2-8)17-14(18)12-7-5-10-11(6-7)20-15(19)13(10)12/h1-4,7,10-13H,5-6H2,(H,17,18)/t7-,10-,11-,12-,13+/m1/s1. The molecule has 4 nitrogen and oxygen atoms in total. The van der Waals surface area contributed by atoms with Crippen molar-refractivity contribution in [3.63, 3.8) is 0 Å². The summed E-state index contributed by atoms with van der Waals surface area (Å²) in [7, 11) is 0. The average Bonchev–Trinajstić information content (AvgIpc) is 3.02. The Bertz CT molecular complexity index is 583. The van der Waals surface area contributed by atoms with Crippen molar-refractivity contribution in [1.29, 1.82) is 0 Å². The molecule has 1 aromatic rings. The highest BCUT2D eigenvalue weighted by molar-refractivity contribution is 5.96. The van der Waals surface area contributed by atoms with Crippen molar-refractivity contribution >= 4 is 17.6 Å². The molecule has 104 valence electrons. The molecule has 4 rings (SSSR count). The maximum atomic E-state index is 12.8. The van der Waals surface area contributed by atoms with E-state index >= 15 is 0 Å². The number of carbonyl (C=O) groups excluding carboxylic acids is 2. The monoisotopic (exact) mass is 275 g/mol. The van der Waals surface area contributed by atoms with E-state index in [-0.39, 0.29) is 47.5 Å². The van der Waals surface area contributed by atoms with Crippen LogP contribution in [-0.4, -0.2) is 18.0 Å². The first-order chi connectivity index (χ1) is 9.63. The van der Waals surface area contributed by atoms with Gasteiger partial charge in [-0.1, -0.05) is 0 Å². The number of nitrogens with one attached hydrogen (secondary N) is 1. The van der Waals surface area contributed by atoms with Crippen molar-refractivity contribution in [3.8, 4) is 0 Å². The number of benzene rings is 1. The van der Waals surface area contributed by atoms with Gasteiger partial charge in [0.1, 0.15) is 11.9 Å². The molecule has 1 N–H and O–H groups in total. The predicted octanol–water partition coefficient (Wildman–Crippen LogP) is 1.96. The Kier molecular flexibility index (Phi) is 2.40. The summed E-state index contributed by atoms with van der Waals surface area (Å²) in [6, 6.07) is 5.65. The molecule has 3 aliphatic rings. The van der Waals surface area contributed by atoms with E-state index < -0.39 is 0 Å². The lowest BCUT2D eigenvalue weighted by Crippen LogP contribution is -2.35. The van der Waals surface area contributed by atoms with Gasteiger partial charge in [0.05, 0.1) is 11.8 Å². The lowest BCUT2D eigenvalue weighted by atomic mass is 9.79. The van der Waals surface area contributed by atoms with Gasteiger partial charge >= 0.3 is 5.97 Å². The van der Waals surface area contributed by atoms with Crippen LogP contribution in [0.4, 0.5) is 10.1 Å².